The van der Waals surface area contributed by atoms with E-state index in [0.29, 0.717) is 21.8 Å². The SMILES string of the molecule is Cc1ccc(S(=O)(=O)N(C)CC2CCCCC2)c(Br)c1. The first-order valence-corrected chi connectivity index (χ1v) is 9.37. The van der Waals surface area contributed by atoms with Gasteiger partial charge in [0.25, 0.3) is 0 Å². The molecule has 1 fully saturated rings. The summed E-state index contributed by atoms with van der Waals surface area (Å²) in [6, 6.07) is 5.37. The third-order valence-corrected chi connectivity index (χ3v) is 6.82. The average molecular weight is 360 g/mol. The van der Waals surface area contributed by atoms with E-state index in [-0.39, 0.29) is 0 Å². The van der Waals surface area contributed by atoms with Crippen molar-refractivity contribution in [3.8, 4) is 0 Å². The van der Waals surface area contributed by atoms with Gasteiger partial charge >= 0.3 is 0 Å². The van der Waals surface area contributed by atoms with Crippen LogP contribution in [0.2, 0.25) is 0 Å². The molecule has 0 N–H and O–H groups in total. The van der Waals surface area contributed by atoms with Gasteiger partial charge in [0.1, 0.15) is 0 Å². The lowest BCUT2D eigenvalue weighted by atomic mass is 9.89. The number of hydrogen-bond donors (Lipinski definition) is 0. The Kier molecular flexibility index (Phi) is 5.26. The Morgan fingerprint density at radius 3 is 2.50 bits per heavy atom. The number of benzene rings is 1. The van der Waals surface area contributed by atoms with Gasteiger partial charge in [0.15, 0.2) is 0 Å². The van der Waals surface area contributed by atoms with E-state index in [2.05, 4.69) is 15.9 Å². The second-order valence-corrected chi connectivity index (χ2v) is 8.59. The van der Waals surface area contributed by atoms with Crippen molar-refractivity contribution in [1.82, 2.24) is 4.31 Å². The molecule has 1 aromatic carbocycles. The molecule has 0 unspecified atom stereocenters. The molecule has 1 saturated carbocycles. The zero-order chi connectivity index (χ0) is 14.8. The lowest BCUT2D eigenvalue weighted by Crippen LogP contribution is -2.32. The number of halogens is 1. The van der Waals surface area contributed by atoms with Gasteiger partial charge in [-0.2, -0.15) is 0 Å². The van der Waals surface area contributed by atoms with Crippen LogP contribution in [0.1, 0.15) is 37.7 Å². The van der Waals surface area contributed by atoms with E-state index in [9.17, 15) is 8.42 Å². The van der Waals surface area contributed by atoms with Crippen molar-refractivity contribution in [2.24, 2.45) is 5.92 Å². The van der Waals surface area contributed by atoms with Crippen LogP contribution in [0.25, 0.3) is 0 Å². The van der Waals surface area contributed by atoms with Gasteiger partial charge in [-0.1, -0.05) is 25.3 Å². The van der Waals surface area contributed by atoms with Crippen LogP contribution < -0.4 is 0 Å². The fraction of sp³-hybridized carbons (Fsp3) is 0.600. The lowest BCUT2D eigenvalue weighted by molar-refractivity contribution is 0.300. The molecule has 1 aliphatic rings. The maximum absolute atomic E-state index is 12.6. The summed E-state index contributed by atoms with van der Waals surface area (Å²) in [4.78, 5) is 0.362. The van der Waals surface area contributed by atoms with Crippen LogP contribution in [0.5, 0.6) is 0 Å². The smallest absolute Gasteiger partial charge is 0.207 e. The second-order valence-electron chi connectivity index (χ2n) is 5.72. The van der Waals surface area contributed by atoms with Crippen molar-refractivity contribution < 1.29 is 8.42 Å². The zero-order valence-corrected chi connectivity index (χ0v) is 14.5. The van der Waals surface area contributed by atoms with Gasteiger partial charge in [-0.3, -0.25) is 0 Å². The molecule has 0 aromatic heterocycles. The number of aryl methyl sites for hydroxylation is 1. The molecule has 5 heteroatoms. The van der Waals surface area contributed by atoms with Crippen molar-refractivity contribution in [2.75, 3.05) is 13.6 Å². The topological polar surface area (TPSA) is 37.4 Å². The average Bonchev–Trinajstić information content (AvgIpc) is 2.39. The minimum atomic E-state index is -3.40. The summed E-state index contributed by atoms with van der Waals surface area (Å²) < 4.78 is 27.4. The summed E-state index contributed by atoms with van der Waals surface area (Å²) in [6.45, 7) is 2.58. The van der Waals surface area contributed by atoms with Crippen LogP contribution in [-0.2, 0) is 10.0 Å². The van der Waals surface area contributed by atoms with Crippen LogP contribution in [0.15, 0.2) is 27.6 Å². The summed E-state index contributed by atoms with van der Waals surface area (Å²) >= 11 is 3.37. The number of hydrogen-bond acceptors (Lipinski definition) is 2. The molecule has 3 nitrogen and oxygen atoms in total. The summed E-state index contributed by atoms with van der Waals surface area (Å²) in [5, 5.41) is 0. The first-order chi connectivity index (χ1) is 9.41. The zero-order valence-electron chi connectivity index (χ0n) is 12.1. The fourth-order valence-electron chi connectivity index (χ4n) is 2.81. The Morgan fingerprint density at radius 2 is 1.90 bits per heavy atom. The van der Waals surface area contributed by atoms with Crippen LogP contribution in [-0.4, -0.2) is 26.3 Å². The standard InChI is InChI=1S/C15H22BrNO2S/c1-12-8-9-15(14(16)10-12)20(18,19)17(2)11-13-6-4-3-5-7-13/h8-10,13H,3-7,11H2,1-2H3. The lowest BCUT2D eigenvalue weighted by Gasteiger charge is -2.26. The first kappa shape index (κ1) is 16.0. The molecule has 2 rings (SSSR count). The Hall–Kier alpha value is -0.390. The molecule has 1 aromatic rings. The molecular weight excluding hydrogens is 338 g/mol. The Bertz CT molecular complexity index is 565. The largest absolute Gasteiger partial charge is 0.243 e. The molecule has 0 radical (unpaired) electrons. The molecule has 0 heterocycles. The Labute approximate surface area is 130 Å². The molecular formula is C15H22BrNO2S. The van der Waals surface area contributed by atoms with Gasteiger partial charge in [0.2, 0.25) is 10.0 Å². The summed E-state index contributed by atoms with van der Waals surface area (Å²) in [5.41, 5.74) is 1.05. The van der Waals surface area contributed by atoms with Crippen molar-refractivity contribution >= 4 is 26.0 Å². The highest BCUT2D eigenvalue weighted by molar-refractivity contribution is 9.10. The highest BCUT2D eigenvalue weighted by atomic mass is 79.9. The molecule has 0 bridgehead atoms. The van der Waals surface area contributed by atoms with Gasteiger partial charge in [-0.15, -0.1) is 0 Å². The monoisotopic (exact) mass is 359 g/mol. The van der Waals surface area contributed by atoms with Crippen molar-refractivity contribution in [1.29, 1.82) is 0 Å². The molecule has 112 valence electrons. The van der Waals surface area contributed by atoms with E-state index in [1.807, 2.05) is 19.1 Å². The molecule has 0 amide bonds. The number of nitrogens with zero attached hydrogens (tertiary/aromatic N) is 1. The van der Waals surface area contributed by atoms with Crippen molar-refractivity contribution in [3.63, 3.8) is 0 Å². The van der Waals surface area contributed by atoms with Gasteiger partial charge in [0.05, 0.1) is 4.90 Å². The molecule has 20 heavy (non-hydrogen) atoms. The van der Waals surface area contributed by atoms with Gasteiger partial charge in [-0.05, 0) is 59.3 Å². The highest BCUT2D eigenvalue weighted by Crippen LogP contribution is 2.29. The van der Waals surface area contributed by atoms with Gasteiger partial charge < -0.3 is 0 Å². The predicted molar refractivity (Wildman–Crippen MR) is 85.3 cm³/mol. The second kappa shape index (κ2) is 6.58. The molecule has 0 aliphatic heterocycles. The van der Waals surface area contributed by atoms with E-state index in [1.165, 1.54) is 23.6 Å². The predicted octanol–water partition coefficient (Wildman–Crippen LogP) is 3.96. The summed E-state index contributed by atoms with van der Waals surface area (Å²) in [6.07, 6.45) is 6.04. The Balaban J connectivity index is 2.16. The fourth-order valence-corrected chi connectivity index (χ4v) is 5.21. The molecule has 0 spiro atoms. The van der Waals surface area contributed by atoms with E-state index in [1.54, 1.807) is 13.1 Å². The first-order valence-electron chi connectivity index (χ1n) is 7.14. The quantitative estimate of drug-likeness (QED) is 0.815. The van der Waals surface area contributed by atoms with Crippen LogP contribution in [0.3, 0.4) is 0 Å². The highest BCUT2D eigenvalue weighted by Gasteiger charge is 2.26. The van der Waals surface area contributed by atoms with Gasteiger partial charge in [0, 0.05) is 18.1 Å². The summed E-state index contributed by atoms with van der Waals surface area (Å²) in [7, 11) is -1.71. The third-order valence-electron chi connectivity index (χ3n) is 4.02. The van der Waals surface area contributed by atoms with Crippen LogP contribution in [0.4, 0.5) is 0 Å². The number of sulfonamides is 1. The minimum absolute atomic E-state index is 0.362. The maximum atomic E-state index is 12.6. The van der Waals surface area contributed by atoms with E-state index < -0.39 is 10.0 Å². The molecule has 0 saturated heterocycles. The minimum Gasteiger partial charge on any atom is -0.207 e. The van der Waals surface area contributed by atoms with E-state index in [0.717, 1.165) is 18.4 Å². The summed E-state index contributed by atoms with van der Waals surface area (Å²) in [5.74, 6) is 0.507. The maximum Gasteiger partial charge on any atom is 0.243 e. The van der Waals surface area contributed by atoms with Crippen LogP contribution in [0, 0.1) is 12.8 Å². The normalized spacial score (nSPS) is 17.6. The number of rotatable bonds is 4. The van der Waals surface area contributed by atoms with Crippen LogP contribution >= 0.6 is 15.9 Å². The van der Waals surface area contributed by atoms with Gasteiger partial charge in [-0.25, -0.2) is 12.7 Å². The molecule has 0 atom stereocenters. The van der Waals surface area contributed by atoms with Crippen molar-refractivity contribution in [3.05, 3.63) is 28.2 Å². The Morgan fingerprint density at radius 1 is 1.25 bits per heavy atom. The van der Waals surface area contributed by atoms with Crippen molar-refractivity contribution in [2.45, 2.75) is 43.9 Å². The third kappa shape index (κ3) is 3.62. The molecule has 1 aliphatic carbocycles. The van der Waals surface area contributed by atoms with E-state index >= 15 is 0 Å². The van der Waals surface area contributed by atoms with E-state index in [4.69, 9.17) is 0 Å².